The minimum atomic E-state index is -4.78. The third-order valence-electron chi connectivity index (χ3n) is 5.88. The van der Waals surface area contributed by atoms with E-state index in [1.54, 1.807) is 24.3 Å². The Morgan fingerprint density at radius 1 is 1.12 bits per heavy atom. The number of nitrogens with zero attached hydrogens (tertiary/aromatic N) is 4. The number of nitrogens with one attached hydrogen (secondary N) is 1. The molecule has 2 aromatic heterocycles. The molecule has 8 nitrogen and oxygen atoms in total. The molecule has 0 saturated heterocycles. The number of aliphatic imine (C=N–C) groups is 1. The molecule has 0 aliphatic heterocycles. The van der Waals surface area contributed by atoms with Crippen molar-refractivity contribution in [1.29, 1.82) is 0 Å². The molecule has 0 saturated carbocycles. The summed E-state index contributed by atoms with van der Waals surface area (Å²) < 4.78 is 68.7. The number of pyridine rings is 1. The Kier molecular flexibility index (Phi) is 7.82. The number of para-hydroxylation sites is 1. The third kappa shape index (κ3) is 6.51. The minimum Gasteiger partial charge on any atom is -0.404 e. The van der Waals surface area contributed by atoms with Gasteiger partial charge in [-0.1, -0.05) is 18.2 Å². The highest BCUT2D eigenvalue weighted by Crippen LogP contribution is 2.38. The molecule has 2 heterocycles. The van der Waals surface area contributed by atoms with Gasteiger partial charge in [0.2, 0.25) is 0 Å². The van der Waals surface area contributed by atoms with Gasteiger partial charge < -0.3 is 21.4 Å². The van der Waals surface area contributed by atoms with Crippen LogP contribution in [0.4, 0.5) is 27.6 Å². The Bertz CT molecular complexity index is 1670. The monoisotopic (exact) mass is 571 g/mol. The van der Waals surface area contributed by atoms with Crippen molar-refractivity contribution in [2.24, 2.45) is 16.5 Å². The maximum atomic E-state index is 14.1. The zero-order chi connectivity index (χ0) is 30.1. The van der Waals surface area contributed by atoms with Crippen LogP contribution in [0, 0.1) is 0 Å². The zero-order valence-corrected chi connectivity index (χ0v) is 22.2. The van der Waals surface area contributed by atoms with Crippen LogP contribution in [0.1, 0.15) is 42.5 Å². The fourth-order valence-corrected chi connectivity index (χ4v) is 4.19. The Morgan fingerprint density at radius 2 is 1.85 bits per heavy atom. The van der Waals surface area contributed by atoms with E-state index in [0.717, 1.165) is 18.5 Å². The lowest BCUT2D eigenvalue weighted by Crippen LogP contribution is -2.28. The summed E-state index contributed by atoms with van der Waals surface area (Å²) in [5.74, 6) is -0.693. The van der Waals surface area contributed by atoms with Crippen LogP contribution >= 0.6 is 0 Å². The molecule has 13 heteroatoms. The summed E-state index contributed by atoms with van der Waals surface area (Å²) in [6.07, 6.45) is -0.161. The zero-order valence-electron chi connectivity index (χ0n) is 22.2. The third-order valence-corrected chi connectivity index (χ3v) is 5.88. The van der Waals surface area contributed by atoms with Gasteiger partial charge in [-0.25, -0.2) is 15.0 Å². The van der Waals surface area contributed by atoms with E-state index in [1.807, 2.05) is 20.8 Å². The molecular weight excluding hydrogens is 545 g/mol. The van der Waals surface area contributed by atoms with Crippen molar-refractivity contribution in [2.45, 2.75) is 39.0 Å². The van der Waals surface area contributed by atoms with E-state index in [9.17, 15) is 26.7 Å². The number of hydrogen-bond donors (Lipinski definition) is 3. The van der Waals surface area contributed by atoms with Gasteiger partial charge in [0.15, 0.2) is 0 Å². The highest BCUT2D eigenvalue weighted by molar-refractivity contribution is 6.09. The van der Waals surface area contributed by atoms with Crippen LogP contribution in [0.25, 0.3) is 33.3 Å². The summed E-state index contributed by atoms with van der Waals surface area (Å²) in [6.45, 7) is 2.64. The molecule has 41 heavy (non-hydrogen) atoms. The number of primary amides is 1. The van der Waals surface area contributed by atoms with Gasteiger partial charge in [0, 0.05) is 40.8 Å². The molecule has 0 fully saturated rings. The van der Waals surface area contributed by atoms with Crippen molar-refractivity contribution in [3.8, 4) is 16.8 Å². The largest absolute Gasteiger partial charge is 0.433 e. The number of anilines is 1. The van der Waals surface area contributed by atoms with E-state index < -0.39 is 29.9 Å². The fraction of sp³-hybridized carbons (Fsp3) is 0.214. The Hall–Kier alpha value is -4.81. The summed E-state index contributed by atoms with van der Waals surface area (Å²) in [6, 6.07) is 10.3. The van der Waals surface area contributed by atoms with Crippen molar-refractivity contribution in [2.75, 3.05) is 5.32 Å². The average Bonchev–Trinajstić information content (AvgIpc) is 3.36. The van der Waals surface area contributed by atoms with Crippen molar-refractivity contribution in [1.82, 2.24) is 14.5 Å². The summed E-state index contributed by atoms with van der Waals surface area (Å²) in [4.78, 5) is 23.2. The molecule has 0 aliphatic rings. The lowest BCUT2D eigenvalue weighted by molar-refractivity contribution is -0.140. The lowest BCUT2D eigenvalue weighted by atomic mass is 9.96. The first-order chi connectivity index (χ1) is 19.2. The lowest BCUT2D eigenvalue weighted by Gasteiger charge is -2.24. The first-order valence-corrected chi connectivity index (χ1v) is 12.2. The molecule has 0 unspecified atom stereocenters. The van der Waals surface area contributed by atoms with E-state index in [2.05, 4.69) is 20.3 Å². The minimum absolute atomic E-state index is 0.00473. The number of rotatable bonds is 7. The number of carbonyl (C=O) groups is 1. The topological polar surface area (TPSA) is 124 Å². The first kappa shape index (κ1) is 29.2. The normalized spacial score (nSPS) is 13.0. The number of aromatic nitrogens is 3. The molecule has 0 spiro atoms. The average molecular weight is 572 g/mol. The van der Waals surface area contributed by atoms with E-state index in [0.29, 0.717) is 16.6 Å². The summed E-state index contributed by atoms with van der Waals surface area (Å²) in [5, 5.41) is 3.57. The van der Waals surface area contributed by atoms with Crippen LogP contribution in [0.15, 0.2) is 66.2 Å². The second-order valence-corrected chi connectivity index (χ2v) is 10.1. The fourth-order valence-electron chi connectivity index (χ4n) is 4.19. The van der Waals surface area contributed by atoms with E-state index in [1.165, 1.54) is 29.2 Å². The number of benzene rings is 2. The maximum absolute atomic E-state index is 14.1. The molecule has 2 aromatic carbocycles. The first-order valence-electron chi connectivity index (χ1n) is 12.2. The molecular formula is C28H26F5N7O. The van der Waals surface area contributed by atoms with E-state index in [4.69, 9.17) is 11.5 Å². The molecule has 5 N–H and O–H groups in total. The molecule has 4 rings (SSSR count). The van der Waals surface area contributed by atoms with Crippen molar-refractivity contribution in [3.63, 3.8) is 0 Å². The Morgan fingerprint density at radius 3 is 2.46 bits per heavy atom. The molecule has 0 atom stereocenters. The van der Waals surface area contributed by atoms with Gasteiger partial charge in [-0.2, -0.15) is 22.0 Å². The predicted octanol–water partition coefficient (Wildman–Crippen LogP) is 6.01. The van der Waals surface area contributed by atoms with Crippen molar-refractivity contribution < 1.29 is 26.7 Å². The van der Waals surface area contributed by atoms with Crippen LogP contribution in [0.3, 0.4) is 0 Å². The van der Waals surface area contributed by atoms with Gasteiger partial charge in [-0.3, -0.25) is 4.79 Å². The van der Waals surface area contributed by atoms with Gasteiger partial charge in [0.1, 0.15) is 5.69 Å². The molecule has 214 valence electrons. The summed E-state index contributed by atoms with van der Waals surface area (Å²) in [7, 11) is 0. The highest BCUT2D eigenvalue weighted by Gasteiger charge is 2.34. The van der Waals surface area contributed by atoms with E-state index >= 15 is 0 Å². The Labute approximate surface area is 231 Å². The number of imidazole rings is 1. The number of amides is 1. The predicted molar refractivity (Wildman–Crippen MR) is 148 cm³/mol. The van der Waals surface area contributed by atoms with E-state index in [-0.39, 0.29) is 33.6 Å². The number of fused-ring (bicyclic) bond motifs is 1. The molecule has 0 aliphatic carbocycles. The van der Waals surface area contributed by atoms with Gasteiger partial charge in [-0.15, -0.1) is 0 Å². The standard InChI is InChI=1S/C28H26F5N7O/c1-27(2,3)39-20-9-15(7-8-18(20)25(35)41)19-10-23(28(31,32)33)38-24-17(19)5-4-6-22(24)40-13-21(37-14-40)16(11-34)12-36-26(29)30/h4-14,26,39H,34H2,1-3H3,(H2,35,41). The van der Waals surface area contributed by atoms with Gasteiger partial charge >= 0.3 is 12.7 Å². The second kappa shape index (κ2) is 11.0. The quantitative estimate of drug-likeness (QED) is 0.142. The number of allylic oxidation sites excluding steroid dienone is 1. The number of nitrogens with two attached hydrogens (primary N) is 2. The second-order valence-electron chi connectivity index (χ2n) is 10.1. The summed E-state index contributed by atoms with van der Waals surface area (Å²) in [5.41, 5.74) is 11.1. The smallest absolute Gasteiger partial charge is 0.404 e. The Balaban J connectivity index is 1.94. The van der Waals surface area contributed by atoms with Crippen LogP contribution in [0.5, 0.6) is 0 Å². The number of alkyl halides is 5. The van der Waals surface area contributed by atoms with Crippen molar-refractivity contribution >= 4 is 34.3 Å². The van der Waals surface area contributed by atoms with Crippen LogP contribution in [-0.2, 0) is 6.18 Å². The SMILES string of the molecule is CC(C)(C)Nc1cc(-c2cc(C(F)(F)F)nc3c(-n4cnc(C(C=NC(F)F)=CN)c4)cccc23)ccc1C(N)=O. The van der Waals surface area contributed by atoms with Crippen molar-refractivity contribution in [3.05, 3.63) is 78.1 Å². The molecule has 0 bridgehead atoms. The number of halogens is 5. The molecule has 1 amide bonds. The number of hydrogen-bond acceptors (Lipinski definition) is 6. The highest BCUT2D eigenvalue weighted by atomic mass is 19.4. The van der Waals surface area contributed by atoms with Gasteiger partial charge in [0.25, 0.3) is 5.91 Å². The maximum Gasteiger partial charge on any atom is 0.433 e. The van der Waals surface area contributed by atoms with Gasteiger partial charge in [0.05, 0.1) is 28.8 Å². The molecule has 4 aromatic rings. The van der Waals surface area contributed by atoms with Gasteiger partial charge in [-0.05, 0) is 56.2 Å². The summed E-state index contributed by atoms with van der Waals surface area (Å²) >= 11 is 0. The molecule has 0 radical (unpaired) electrons. The van der Waals surface area contributed by atoms with Crippen LogP contribution in [-0.4, -0.2) is 38.7 Å². The number of carbonyl (C=O) groups excluding carboxylic acids is 1. The van der Waals surface area contributed by atoms with Crippen LogP contribution < -0.4 is 16.8 Å². The van der Waals surface area contributed by atoms with Crippen LogP contribution in [0.2, 0.25) is 0 Å².